The van der Waals surface area contributed by atoms with Crippen LogP contribution in [-0.2, 0) is 22.1 Å². The lowest BCUT2D eigenvalue weighted by Gasteiger charge is -2.15. The van der Waals surface area contributed by atoms with Crippen LogP contribution >= 0.6 is 15.9 Å². The fraction of sp³-hybridized carbons (Fsp3) is 0.364. The molecule has 100 valence electrons. The summed E-state index contributed by atoms with van der Waals surface area (Å²) >= 11 is 2.84. The molecule has 0 bridgehead atoms. The van der Waals surface area contributed by atoms with Crippen molar-refractivity contribution in [1.29, 1.82) is 0 Å². The van der Waals surface area contributed by atoms with Gasteiger partial charge in [0.05, 0.1) is 18.6 Å². The van der Waals surface area contributed by atoms with Gasteiger partial charge < -0.3 is 10.5 Å². The first-order chi connectivity index (χ1) is 8.27. The molecule has 7 heteroatoms. The van der Waals surface area contributed by atoms with Crippen molar-refractivity contribution < 1.29 is 22.7 Å². The minimum atomic E-state index is -4.58. The molecule has 0 fully saturated rings. The molecule has 1 aromatic carbocycles. The molecule has 0 radical (unpaired) electrons. The number of nitrogens with two attached hydrogens (primary N) is 1. The second-order valence-corrected chi connectivity index (χ2v) is 4.28. The molecule has 0 aliphatic carbocycles. The zero-order valence-electron chi connectivity index (χ0n) is 9.47. The smallest absolute Gasteiger partial charge is 0.419 e. The molecule has 18 heavy (non-hydrogen) atoms. The van der Waals surface area contributed by atoms with Crippen LogP contribution in [0.1, 0.15) is 18.1 Å². The van der Waals surface area contributed by atoms with Gasteiger partial charge in [-0.2, -0.15) is 13.2 Å². The lowest BCUT2D eigenvalue weighted by atomic mass is 10.1. The van der Waals surface area contributed by atoms with Crippen LogP contribution in [0.3, 0.4) is 0 Å². The molecule has 0 amide bonds. The highest BCUT2D eigenvalue weighted by Gasteiger charge is 2.36. The molecule has 1 rings (SSSR count). The van der Waals surface area contributed by atoms with Gasteiger partial charge in [0.25, 0.3) is 0 Å². The topological polar surface area (TPSA) is 52.3 Å². The van der Waals surface area contributed by atoms with E-state index in [2.05, 4.69) is 20.7 Å². The third kappa shape index (κ3) is 3.38. The highest BCUT2D eigenvalue weighted by atomic mass is 79.9. The number of carbonyl (C=O) groups excluding carboxylic acids is 1. The summed E-state index contributed by atoms with van der Waals surface area (Å²) in [4.78, 5) is 11.3. The van der Waals surface area contributed by atoms with Crippen molar-refractivity contribution in [3.05, 3.63) is 27.7 Å². The quantitative estimate of drug-likeness (QED) is 0.686. The Balaban J connectivity index is 3.13. The molecule has 0 heterocycles. The van der Waals surface area contributed by atoms with Crippen molar-refractivity contribution in [2.45, 2.75) is 19.5 Å². The van der Waals surface area contributed by atoms with Crippen LogP contribution in [0.15, 0.2) is 16.6 Å². The first kappa shape index (κ1) is 14.8. The zero-order valence-corrected chi connectivity index (χ0v) is 11.1. The number of esters is 1. The molecular weight excluding hydrogens is 315 g/mol. The van der Waals surface area contributed by atoms with Crippen molar-refractivity contribution in [2.75, 3.05) is 12.3 Å². The van der Waals surface area contributed by atoms with E-state index in [1.807, 2.05) is 0 Å². The normalized spacial score (nSPS) is 11.4. The number of halogens is 4. The highest BCUT2D eigenvalue weighted by Crippen LogP contribution is 2.40. The summed E-state index contributed by atoms with van der Waals surface area (Å²) in [5.74, 6) is -0.587. The Morgan fingerprint density at radius 1 is 1.44 bits per heavy atom. The zero-order chi connectivity index (χ0) is 13.9. The van der Waals surface area contributed by atoms with E-state index < -0.39 is 17.7 Å². The van der Waals surface area contributed by atoms with Gasteiger partial charge in [0, 0.05) is 10.2 Å². The van der Waals surface area contributed by atoms with E-state index in [1.54, 1.807) is 6.92 Å². The van der Waals surface area contributed by atoms with Crippen molar-refractivity contribution in [3.8, 4) is 0 Å². The Labute approximate surface area is 110 Å². The highest BCUT2D eigenvalue weighted by molar-refractivity contribution is 9.10. The standard InChI is InChI=1S/C11H11BrF3NO2/c1-2-18-8(17)5-6-3-4-7(16)9(10(6)12)11(13,14)15/h3-4H,2,5,16H2,1H3. The predicted octanol–water partition coefficient (Wildman–Crippen LogP) is 3.16. The van der Waals surface area contributed by atoms with E-state index >= 15 is 0 Å². The number of benzene rings is 1. The van der Waals surface area contributed by atoms with Gasteiger partial charge >= 0.3 is 12.1 Å². The monoisotopic (exact) mass is 325 g/mol. The lowest BCUT2D eigenvalue weighted by molar-refractivity contribution is -0.142. The van der Waals surface area contributed by atoms with Gasteiger partial charge in [-0.3, -0.25) is 4.79 Å². The van der Waals surface area contributed by atoms with Gasteiger partial charge in [-0.1, -0.05) is 6.07 Å². The average molecular weight is 326 g/mol. The minimum absolute atomic E-state index is 0.178. The molecular formula is C11H11BrF3NO2. The number of nitrogen functional groups attached to an aromatic ring is 1. The van der Waals surface area contributed by atoms with Crippen LogP contribution in [0, 0.1) is 0 Å². The number of alkyl halides is 3. The SMILES string of the molecule is CCOC(=O)Cc1ccc(N)c(C(F)(F)F)c1Br. The van der Waals surface area contributed by atoms with E-state index in [0.717, 1.165) is 6.07 Å². The number of hydrogen-bond acceptors (Lipinski definition) is 3. The molecule has 0 aliphatic heterocycles. The maximum absolute atomic E-state index is 12.7. The summed E-state index contributed by atoms with van der Waals surface area (Å²) in [5, 5.41) is 0. The second kappa shape index (κ2) is 5.60. The summed E-state index contributed by atoms with van der Waals surface area (Å²) in [7, 11) is 0. The van der Waals surface area contributed by atoms with Gasteiger partial charge in [-0.15, -0.1) is 0 Å². The first-order valence-corrected chi connectivity index (χ1v) is 5.86. The van der Waals surface area contributed by atoms with Crippen LogP contribution in [0.2, 0.25) is 0 Å². The van der Waals surface area contributed by atoms with Crippen LogP contribution in [-0.4, -0.2) is 12.6 Å². The molecule has 3 nitrogen and oxygen atoms in total. The Kier molecular flexibility index (Phi) is 4.61. The maximum Gasteiger partial charge on any atom is 0.419 e. The summed E-state index contributed by atoms with van der Waals surface area (Å²) in [6.07, 6.45) is -4.81. The maximum atomic E-state index is 12.7. The van der Waals surface area contributed by atoms with Crippen molar-refractivity contribution in [1.82, 2.24) is 0 Å². The summed E-state index contributed by atoms with van der Waals surface area (Å²) in [6, 6.07) is 2.49. The molecule has 0 atom stereocenters. The van der Waals surface area contributed by atoms with Crippen LogP contribution < -0.4 is 5.73 Å². The van der Waals surface area contributed by atoms with Crippen LogP contribution in [0.5, 0.6) is 0 Å². The van der Waals surface area contributed by atoms with Gasteiger partial charge in [0.2, 0.25) is 0 Å². The van der Waals surface area contributed by atoms with E-state index in [9.17, 15) is 18.0 Å². The van der Waals surface area contributed by atoms with E-state index in [4.69, 9.17) is 5.73 Å². The molecule has 0 aliphatic rings. The number of carbonyl (C=O) groups is 1. The lowest BCUT2D eigenvalue weighted by Crippen LogP contribution is -2.13. The Morgan fingerprint density at radius 2 is 2.06 bits per heavy atom. The number of anilines is 1. The molecule has 0 saturated heterocycles. The minimum Gasteiger partial charge on any atom is -0.466 e. The van der Waals surface area contributed by atoms with Crippen molar-refractivity contribution in [2.24, 2.45) is 0 Å². The largest absolute Gasteiger partial charge is 0.466 e. The third-order valence-electron chi connectivity index (χ3n) is 2.18. The molecule has 2 N–H and O–H groups in total. The number of hydrogen-bond donors (Lipinski definition) is 1. The van der Waals surface area contributed by atoms with Crippen molar-refractivity contribution >= 4 is 27.6 Å². The fourth-order valence-corrected chi connectivity index (χ4v) is 2.15. The molecule has 0 spiro atoms. The van der Waals surface area contributed by atoms with Gasteiger partial charge in [-0.05, 0) is 34.5 Å². The Hall–Kier alpha value is -1.24. The first-order valence-electron chi connectivity index (χ1n) is 5.07. The predicted molar refractivity (Wildman–Crippen MR) is 63.9 cm³/mol. The Bertz CT molecular complexity index is 460. The molecule has 0 unspecified atom stereocenters. The molecule has 0 aromatic heterocycles. The average Bonchev–Trinajstić information content (AvgIpc) is 2.21. The molecule has 0 saturated carbocycles. The summed E-state index contributed by atoms with van der Waals surface area (Å²) in [6.45, 7) is 1.80. The summed E-state index contributed by atoms with van der Waals surface area (Å²) in [5.41, 5.74) is 4.13. The van der Waals surface area contributed by atoms with Crippen LogP contribution in [0.4, 0.5) is 18.9 Å². The van der Waals surface area contributed by atoms with Gasteiger partial charge in [0.1, 0.15) is 0 Å². The van der Waals surface area contributed by atoms with E-state index in [1.165, 1.54) is 6.07 Å². The van der Waals surface area contributed by atoms with Gasteiger partial charge in [0.15, 0.2) is 0 Å². The van der Waals surface area contributed by atoms with Crippen LogP contribution in [0.25, 0.3) is 0 Å². The second-order valence-electron chi connectivity index (χ2n) is 3.48. The van der Waals surface area contributed by atoms with E-state index in [0.29, 0.717) is 0 Å². The number of rotatable bonds is 3. The van der Waals surface area contributed by atoms with Crippen molar-refractivity contribution in [3.63, 3.8) is 0 Å². The third-order valence-corrected chi connectivity index (χ3v) is 3.08. The fourth-order valence-electron chi connectivity index (χ4n) is 1.43. The summed E-state index contributed by atoms with van der Waals surface area (Å²) < 4.78 is 42.7. The van der Waals surface area contributed by atoms with Gasteiger partial charge in [-0.25, -0.2) is 0 Å². The van der Waals surface area contributed by atoms with E-state index in [-0.39, 0.29) is 28.8 Å². The number of ether oxygens (including phenoxy) is 1. The molecule has 1 aromatic rings. The Morgan fingerprint density at radius 3 is 2.56 bits per heavy atom.